The summed E-state index contributed by atoms with van der Waals surface area (Å²) in [4.78, 5) is 0. The van der Waals surface area contributed by atoms with Crippen molar-refractivity contribution in [2.45, 2.75) is 20.3 Å². The highest BCUT2D eigenvalue weighted by Crippen LogP contribution is 2.30. The second kappa shape index (κ2) is 4.68. The first-order chi connectivity index (χ1) is 8.41. The van der Waals surface area contributed by atoms with Gasteiger partial charge in [0.25, 0.3) is 6.43 Å². The largest absolute Gasteiger partial charge is 0.399 e. The first-order valence-electron chi connectivity index (χ1n) is 5.31. The third-order valence-electron chi connectivity index (χ3n) is 2.72. The van der Waals surface area contributed by atoms with Crippen LogP contribution in [0.5, 0.6) is 0 Å². The Morgan fingerprint density at radius 1 is 1.33 bits per heavy atom. The number of aromatic nitrogens is 2. The lowest BCUT2D eigenvalue weighted by atomic mass is 10.1. The Morgan fingerprint density at radius 3 is 2.50 bits per heavy atom. The van der Waals surface area contributed by atoms with E-state index in [4.69, 9.17) is 5.73 Å². The van der Waals surface area contributed by atoms with Crippen LogP contribution in [-0.4, -0.2) is 9.78 Å². The molecule has 1 aromatic carbocycles. The number of rotatable bonds is 2. The molecule has 0 bridgehead atoms. The molecule has 0 spiro atoms. The van der Waals surface area contributed by atoms with Crippen LogP contribution in [0, 0.1) is 13.8 Å². The molecule has 2 N–H and O–H groups in total. The first-order valence-corrected chi connectivity index (χ1v) is 6.10. The Labute approximate surface area is 112 Å². The molecule has 0 atom stereocenters. The molecule has 96 valence electrons. The monoisotopic (exact) mass is 315 g/mol. The van der Waals surface area contributed by atoms with Crippen molar-refractivity contribution in [3.63, 3.8) is 0 Å². The average molecular weight is 316 g/mol. The van der Waals surface area contributed by atoms with E-state index in [0.717, 1.165) is 15.9 Å². The molecule has 0 saturated heterocycles. The van der Waals surface area contributed by atoms with Crippen molar-refractivity contribution in [3.8, 4) is 5.69 Å². The Bertz CT molecular complexity index is 593. The van der Waals surface area contributed by atoms with Crippen molar-refractivity contribution in [2.24, 2.45) is 0 Å². The van der Waals surface area contributed by atoms with E-state index in [1.165, 1.54) is 10.7 Å². The van der Waals surface area contributed by atoms with Gasteiger partial charge in [0.2, 0.25) is 0 Å². The third kappa shape index (κ3) is 2.12. The minimum absolute atomic E-state index is 0.117. The standard InChI is InChI=1S/C12H12BrF2N3/c1-6-11(13)7(2)18(17-6)10-4-3-8(16)5-9(10)12(14)15/h3-5,12H,16H2,1-2H3. The number of alkyl halides is 2. The predicted octanol–water partition coefficient (Wildman–Crippen LogP) is 3.77. The fourth-order valence-corrected chi connectivity index (χ4v) is 2.05. The quantitative estimate of drug-likeness (QED) is 0.857. The minimum atomic E-state index is -2.59. The Hall–Kier alpha value is -1.43. The second-order valence-electron chi connectivity index (χ2n) is 4.02. The average Bonchev–Trinajstić information content (AvgIpc) is 2.57. The number of benzene rings is 1. The van der Waals surface area contributed by atoms with E-state index in [0.29, 0.717) is 11.4 Å². The van der Waals surface area contributed by atoms with Crippen LogP contribution < -0.4 is 5.73 Å². The molecular formula is C12H12BrF2N3. The van der Waals surface area contributed by atoms with Crippen LogP contribution in [0.25, 0.3) is 5.69 Å². The lowest BCUT2D eigenvalue weighted by Crippen LogP contribution is -2.05. The van der Waals surface area contributed by atoms with Gasteiger partial charge >= 0.3 is 0 Å². The molecule has 0 saturated carbocycles. The van der Waals surface area contributed by atoms with E-state index in [-0.39, 0.29) is 5.56 Å². The molecule has 18 heavy (non-hydrogen) atoms. The second-order valence-corrected chi connectivity index (χ2v) is 4.81. The van der Waals surface area contributed by atoms with Crippen LogP contribution in [0.3, 0.4) is 0 Å². The maximum atomic E-state index is 13.0. The summed E-state index contributed by atoms with van der Waals surface area (Å²) in [5, 5.41) is 4.25. The van der Waals surface area contributed by atoms with Crippen molar-refractivity contribution in [1.29, 1.82) is 0 Å². The van der Waals surface area contributed by atoms with Crippen LogP contribution in [0.1, 0.15) is 23.4 Å². The van der Waals surface area contributed by atoms with Gasteiger partial charge in [0, 0.05) is 11.3 Å². The highest BCUT2D eigenvalue weighted by Gasteiger charge is 2.18. The van der Waals surface area contributed by atoms with E-state index >= 15 is 0 Å². The van der Waals surface area contributed by atoms with Crippen LogP contribution in [0.4, 0.5) is 14.5 Å². The summed E-state index contributed by atoms with van der Waals surface area (Å²) in [5.41, 5.74) is 7.62. The zero-order chi connectivity index (χ0) is 13.4. The number of nitrogens with two attached hydrogens (primary N) is 1. The molecule has 0 aliphatic carbocycles. The van der Waals surface area contributed by atoms with Crippen molar-refractivity contribution in [1.82, 2.24) is 9.78 Å². The Balaban J connectivity index is 2.67. The summed E-state index contributed by atoms with van der Waals surface area (Å²) >= 11 is 3.38. The van der Waals surface area contributed by atoms with Gasteiger partial charge in [-0.05, 0) is 48.0 Å². The van der Waals surface area contributed by atoms with Gasteiger partial charge in [0.05, 0.1) is 21.5 Å². The lowest BCUT2D eigenvalue weighted by Gasteiger charge is -2.11. The number of halogens is 3. The Kier molecular flexibility index (Phi) is 3.38. The van der Waals surface area contributed by atoms with Gasteiger partial charge in [0.1, 0.15) is 0 Å². The van der Waals surface area contributed by atoms with Crippen LogP contribution in [0.15, 0.2) is 22.7 Å². The van der Waals surface area contributed by atoms with Crippen LogP contribution in [-0.2, 0) is 0 Å². The van der Waals surface area contributed by atoms with Gasteiger partial charge in [-0.3, -0.25) is 0 Å². The van der Waals surface area contributed by atoms with Crippen LogP contribution >= 0.6 is 15.9 Å². The third-order valence-corrected chi connectivity index (χ3v) is 3.87. The van der Waals surface area contributed by atoms with E-state index in [9.17, 15) is 8.78 Å². The van der Waals surface area contributed by atoms with Gasteiger partial charge in [-0.1, -0.05) is 0 Å². The van der Waals surface area contributed by atoms with Crippen molar-refractivity contribution >= 4 is 21.6 Å². The first kappa shape index (κ1) is 13.0. The number of nitrogens with zero attached hydrogens (tertiary/aromatic N) is 2. The molecule has 0 aliphatic heterocycles. The van der Waals surface area contributed by atoms with Gasteiger partial charge < -0.3 is 5.73 Å². The van der Waals surface area contributed by atoms with E-state index in [1.807, 2.05) is 13.8 Å². The normalized spacial score (nSPS) is 11.2. The van der Waals surface area contributed by atoms with Gasteiger partial charge in [-0.25, -0.2) is 13.5 Å². The molecule has 0 fully saturated rings. The smallest absolute Gasteiger partial charge is 0.266 e. The number of anilines is 1. The SMILES string of the molecule is Cc1nn(-c2ccc(N)cc2C(F)F)c(C)c1Br. The van der Waals surface area contributed by atoms with E-state index in [1.54, 1.807) is 12.1 Å². The van der Waals surface area contributed by atoms with Gasteiger partial charge in [0.15, 0.2) is 0 Å². The summed E-state index contributed by atoms with van der Waals surface area (Å²) in [7, 11) is 0. The molecule has 0 radical (unpaired) electrons. The fourth-order valence-electron chi connectivity index (χ4n) is 1.80. The topological polar surface area (TPSA) is 43.8 Å². The maximum Gasteiger partial charge on any atom is 0.266 e. The van der Waals surface area contributed by atoms with Gasteiger partial charge in [-0.15, -0.1) is 0 Å². The number of hydrogen-bond acceptors (Lipinski definition) is 2. The van der Waals surface area contributed by atoms with Gasteiger partial charge in [-0.2, -0.15) is 5.10 Å². The number of nitrogen functional groups attached to an aromatic ring is 1. The van der Waals surface area contributed by atoms with Crippen molar-refractivity contribution < 1.29 is 8.78 Å². The highest BCUT2D eigenvalue weighted by atomic mass is 79.9. The lowest BCUT2D eigenvalue weighted by molar-refractivity contribution is 0.151. The minimum Gasteiger partial charge on any atom is -0.399 e. The van der Waals surface area contributed by atoms with E-state index in [2.05, 4.69) is 21.0 Å². The number of hydrogen-bond donors (Lipinski definition) is 1. The highest BCUT2D eigenvalue weighted by molar-refractivity contribution is 9.10. The predicted molar refractivity (Wildman–Crippen MR) is 70.1 cm³/mol. The maximum absolute atomic E-state index is 13.0. The molecular weight excluding hydrogens is 304 g/mol. The van der Waals surface area contributed by atoms with Crippen molar-refractivity contribution in [2.75, 3.05) is 5.73 Å². The summed E-state index contributed by atoms with van der Waals surface area (Å²) in [6, 6.07) is 4.43. The molecule has 1 aromatic heterocycles. The van der Waals surface area contributed by atoms with Crippen molar-refractivity contribution in [3.05, 3.63) is 39.6 Å². The molecule has 0 unspecified atom stereocenters. The molecule has 0 aliphatic rings. The summed E-state index contributed by atoms with van der Waals surface area (Å²) in [5.74, 6) is 0. The summed E-state index contributed by atoms with van der Waals surface area (Å²) in [6.07, 6.45) is -2.59. The number of aryl methyl sites for hydroxylation is 1. The Morgan fingerprint density at radius 2 is 2.00 bits per heavy atom. The summed E-state index contributed by atoms with van der Waals surface area (Å²) < 4.78 is 28.4. The molecule has 2 aromatic rings. The molecule has 6 heteroatoms. The molecule has 0 amide bonds. The molecule has 3 nitrogen and oxygen atoms in total. The van der Waals surface area contributed by atoms with Crippen LogP contribution in [0.2, 0.25) is 0 Å². The fraction of sp³-hybridized carbons (Fsp3) is 0.250. The zero-order valence-electron chi connectivity index (χ0n) is 9.92. The molecule has 1 heterocycles. The molecule has 2 rings (SSSR count). The van der Waals surface area contributed by atoms with E-state index < -0.39 is 6.43 Å². The zero-order valence-corrected chi connectivity index (χ0v) is 11.5. The summed E-state index contributed by atoms with van der Waals surface area (Å²) in [6.45, 7) is 3.63.